The minimum Gasteiger partial charge on any atom is -0.497 e. The van der Waals surface area contributed by atoms with Gasteiger partial charge >= 0.3 is 5.97 Å². The highest BCUT2D eigenvalue weighted by Crippen LogP contribution is 2.25. The van der Waals surface area contributed by atoms with Crippen LogP contribution in [0.5, 0.6) is 11.5 Å². The number of hydrogen-bond donors (Lipinski definition) is 1. The third-order valence-corrected chi connectivity index (χ3v) is 4.81. The summed E-state index contributed by atoms with van der Waals surface area (Å²) in [5.41, 5.74) is 2.33. The summed E-state index contributed by atoms with van der Waals surface area (Å²) in [5.74, 6) is 1.21. The molecule has 0 aliphatic heterocycles. The van der Waals surface area contributed by atoms with Crippen molar-refractivity contribution in [2.75, 3.05) is 26.1 Å². The Hall–Kier alpha value is -4.66. The van der Waals surface area contributed by atoms with Gasteiger partial charge in [-0.3, -0.25) is 4.79 Å². The van der Waals surface area contributed by atoms with E-state index in [2.05, 4.69) is 20.2 Å². The van der Waals surface area contributed by atoms with Crippen LogP contribution in [-0.4, -0.2) is 42.8 Å². The van der Waals surface area contributed by atoms with Crippen molar-refractivity contribution in [2.24, 2.45) is 0 Å². The van der Waals surface area contributed by atoms with Crippen LogP contribution in [0.1, 0.15) is 10.4 Å². The van der Waals surface area contributed by atoms with E-state index in [0.717, 1.165) is 11.3 Å². The normalized spacial score (nSPS) is 10.4. The lowest BCUT2D eigenvalue weighted by molar-refractivity contribution is -0.118. The second-order valence-corrected chi connectivity index (χ2v) is 7.09. The first-order valence-electron chi connectivity index (χ1n) is 10.3. The van der Waals surface area contributed by atoms with Crippen LogP contribution < -0.4 is 14.8 Å². The maximum absolute atomic E-state index is 12.2. The second kappa shape index (κ2) is 10.3. The van der Waals surface area contributed by atoms with Crippen LogP contribution in [0.3, 0.4) is 0 Å². The number of carbonyl (C=O) groups is 2. The van der Waals surface area contributed by atoms with E-state index in [-0.39, 0.29) is 12.5 Å². The molecule has 1 heterocycles. The van der Waals surface area contributed by atoms with Crippen molar-refractivity contribution in [3.8, 4) is 34.3 Å². The van der Waals surface area contributed by atoms with Crippen LogP contribution in [-0.2, 0) is 9.53 Å². The summed E-state index contributed by atoms with van der Waals surface area (Å²) in [4.78, 5) is 28.2. The van der Waals surface area contributed by atoms with E-state index in [1.807, 2.05) is 24.3 Å². The predicted octanol–water partition coefficient (Wildman–Crippen LogP) is 4.22. The third-order valence-electron chi connectivity index (χ3n) is 4.81. The van der Waals surface area contributed by atoms with Gasteiger partial charge in [0.1, 0.15) is 11.5 Å². The molecule has 1 aromatic heterocycles. The lowest BCUT2D eigenvalue weighted by Crippen LogP contribution is -2.20. The second-order valence-electron chi connectivity index (χ2n) is 7.09. The molecule has 0 radical (unpaired) electrons. The van der Waals surface area contributed by atoms with E-state index in [1.165, 1.54) is 13.2 Å². The van der Waals surface area contributed by atoms with Gasteiger partial charge in [0.05, 0.1) is 19.8 Å². The number of hydrogen-bond acceptors (Lipinski definition) is 8. The summed E-state index contributed by atoms with van der Waals surface area (Å²) in [6.45, 7) is -0.204. The SMILES string of the molecule is COC(=O)c1cccc(NC(=O)COc2ccc(-c3nc(-c4ccc(OC)cc4)no3)cc2)c1. The van der Waals surface area contributed by atoms with Crippen molar-refractivity contribution in [2.45, 2.75) is 0 Å². The first-order chi connectivity index (χ1) is 16.6. The number of nitrogens with zero attached hydrogens (tertiary/aromatic N) is 2. The number of carbonyl (C=O) groups excluding carboxylic acids is 2. The molecule has 0 bridgehead atoms. The summed E-state index contributed by atoms with van der Waals surface area (Å²) in [6, 6.07) is 20.7. The van der Waals surface area contributed by atoms with Gasteiger partial charge in [0.25, 0.3) is 11.8 Å². The fourth-order valence-electron chi connectivity index (χ4n) is 3.08. The molecule has 0 unspecified atom stereocenters. The number of ether oxygens (including phenoxy) is 3. The number of esters is 1. The minimum atomic E-state index is -0.482. The number of nitrogens with one attached hydrogen (secondary N) is 1. The third kappa shape index (κ3) is 5.39. The maximum atomic E-state index is 12.2. The molecule has 0 atom stereocenters. The van der Waals surface area contributed by atoms with E-state index in [1.54, 1.807) is 49.6 Å². The van der Waals surface area contributed by atoms with Gasteiger partial charge in [0.15, 0.2) is 6.61 Å². The molecule has 34 heavy (non-hydrogen) atoms. The Kier molecular flexibility index (Phi) is 6.83. The minimum absolute atomic E-state index is 0.204. The zero-order valence-corrected chi connectivity index (χ0v) is 18.5. The van der Waals surface area contributed by atoms with Crippen LogP contribution in [0.15, 0.2) is 77.3 Å². The molecular weight excluding hydrogens is 438 g/mol. The number of aromatic nitrogens is 2. The zero-order valence-electron chi connectivity index (χ0n) is 18.5. The van der Waals surface area contributed by atoms with Crippen LogP contribution in [0.2, 0.25) is 0 Å². The average molecular weight is 459 g/mol. The summed E-state index contributed by atoms with van der Waals surface area (Å²) in [5, 5.41) is 6.70. The highest BCUT2D eigenvalue weighted by Gasteiger charge is 2.12. The number of benzene rings is 3. The van der Waals surface area contributed by atoms with Gasteiger partial charge in [-0.15, -0.1) is 0 Å². The Bertz CT molecular complexity index is 1280. The van der Waals surface area contributed by atoms with Crippen molar-refractivity contribution in [1.82, 2.24) is 10.1 Å². The molecule has 3 aromatic carbocycles. The van der Waals surface area contributed by atoms with Crippen LogP contribution in [0, 0.1) is 0 Å². The molecule has 0 fully saturated rings. The number of rotatable bonds is 8. The van der Waals surface area contributed by atoms with Crippen LogP contribution >= 0.6 is 0 Å². The van der Waals surface area contributed by atoms with Gasteiger partial charge in [-0.1, -0.05) is 11.2 Å². The summed E-state index contributed by atoms with van der Waals surface area (Å²) in [6.07, 6.45) is 0. The van der Waals surface area contributed by atoms with Gasteiger partial charge in [-0.2, -0.15) is 4.98 Å². The predicted molar refractivity (Wildman–Crippen MR) is 124 cm³/mol. The molecule has 1 N–H and O–H groups in total. The molecule has 1 amide bonds. The van der Waals surface area contributed by atoms with Crippen molar-refractivity contribution in [1.29, 1.82) is 0 Å². The largest absolute Gasteiger partial charge is 0.497 e. The molecule has 9 heteroatoms. The van der Waals surface area contributed by atoms with Crippen molar-refractivity contribution < 1.29 is 28.3 Å². The first kappa shape index (κ1) is 22.5. The number of amides is 1. The lowest BCUT2D eigenvalue weighted by Gasteiger charge is -2.08. The number of anilines is 1. The highest BCUT2D eigenvalue weighted by molar-refractivity contribution is 5.95. The number of methoxy groups -OCH3 is 2. The van der Waals surface area contributed by atoms with E-state index < -0.39 is 5.97 Å². The van der Waals surface area contributed by atoms with E-state index in [0.29, 0.717) is 34.3 Å². The fraction of sp³-hybridized carbons (Fsp3) is 0.120. The Morgan fingerprint density at radius 2 is 1.62 bits per heavy atom. The van der Waals surface area contributed by atoms with Crippen LogP contribution in [0.4, 0.5) is 5.69 Å². The summed E-state index contributed by atoms with van der Waals surface area (Å²) >= 11 is 0. The zero-order chi connectivity index (χ0) is 23.9. The van der Waals surface area contributed by atoms with Gasteiger partial charge in [-0.05, 0) is 66.7 Å². The molecule has 0 spiro atoms. The maximum Gasteiger partial charge on any atom is 0.337 e. The Balaban J connectivity index is 1.34. The van der Waals surface area contributed by atoms with Crippen molar-refractivity contribution >= 4 is 17.6 Å². The Labute approximate surface area is 195 Å². The van der Waals surface area contributed by atoms with Gasteiger partial charge in [0.2, 0.25) is 5.82 Å². The standard InChI is InChI=1S/C25H21N3O6/c1-31-20-10-6-16(7-11-20)23-27-24(34-28-23)17-8-12-21(13-9-17)33-15-22(29)26-19-5-3-4-18(14-19)25(30)32-2/h3-14H,15H2,1-2H3,(H,26,29). The van der Waals surface area contributed by atoms with Crippen LogP contribution in [0.25, 0.3) is 22.8 Å². The summed E-state index contributed by atoms with van der Waals surface area (Å²) in [7, 11) is 2.90. The van der Waals surface area contributed by atoms with E-state index in [4.69, 9.17) is 14.0 Å². The lowest BCUT2D eigenvalue weighted by atomic mass is 10.2. The Morgan fingerprint density at radius 3 is 2.32 bits per heavy atom. The Morgan fingerprint density at radius 1 is 0.912 bits per heavy atom. The fourth-order valence-corrected chi connectivity index (χ4v) is 3.08. The quantitative estimate of drug-likeness (QED) is 0.390. The van der Waals surface area contributed by atoms with E-state index in [9.17, 15) is 9.59 Å². The van der Waals surface area contributed by atoms with Gasteiger partial charge < -0.3 is 24.1 Å². The summed E-state index contributed by atoms with van der Waals surface area (Å²) < 4.78 is 20.7. The van der Waals surface area contributed by atoms with Gasteiger partial charge in [-0.25, -0.2) is 4.79 Å². The van der Waals surface area contributed by atoms with E-state index >= 15 is 0 Å². The monoisotopic (exact) mass is 459 g/mol. The topological polar surface area (TPSA) is 113 Å². The molecule has 4 rings (SSSR count). The molecule has 0 saturated carbocycles. The smallest absolute Gasteiger partial charge is 0.337 e. The molecule has 172 valence electrons. The molecule has 9 nitrogen and oxygen atoms in total. The average Bonchev–Trinajstić information content (AvgIpc) is 3.38. The van der Waals surface area contributed by atoms with Crippen molar-refractivity contribution in [3.05, 3.63) is 78.4 Å². The first-order valence-corrected chi connectivity index (χ1v) is 10.3. The molecular formula is C25H21N3O6. The highest BCUT2D eigenvalue weighted by atomic mass is 16.5. The molecule has 0 aliphatic carbocycles. The molecule has 0 saturated heterocycles. The van der Waals surface area contributed by atoms with Crippen molar-refractivity contribution in [3.63, 3.8) is 0 Å². The van der Waals surface area contributed by atoms with Gasteiger partial charge in [0, 0.05) is 16.8 Å². The molecule has 4 aromatic rings. The molecule has 0 aliphatic rings.